The molecule has 0 amide bonds. The van der Waals surface area contributed by atoms with E-state index in [4.69, 9.17) is 9.47 Å². The van der Waals surface area contributed by atoms with Gasteiger partial charge in [0.05, 0.1) is 13.2 Å². The van der Waals surface area contributed by atoms with E-state index in [1.807, 2.05) is 73.6 Å². The van der Waals surface area contributed by atoms with E-state index in [2.05, 4.69) is 0 Å². The monoisotopic (exact) mass is 301 g/mol. The molecule has 0 aliphatic rings. The zero-order valence-electron chi connectivity index (χ0n) is 13.1. The quantitative estimate of drug-likeness (QED) is 0.814. The summed E-state index contributed by atoms with van der Waals surface area (Å²) in [5.74, 6) is 0.744. The van der Waals surface area contributed by atoms with Gasteiger partial charge in [-0.05, 0) is 17.7 Å². The number of ether oxygens (including phenoxy) is 2. The summed E-state index contributed by atoms with van der Waals surface area (Å²) in [6.07, 6.45) is -0.647. The van der Waals surface area contributed by atoms with Gasteiger partial charge in [-0.25, -0.2) is 0 Å². The predicted molar refractivity (Wildman–Crippen MR) is 88.4 cm³/mol. The summed E-state index contributed by atoms with van der Waals surface area (Å²) in [6, 6.07) is 17.7. The summed E-state index contributed by atoms with van der Waals surface area (Å²) in [5.41, 5.74) is 2.15. The minimum Gasteiger partial charge on any atom is -0.491 e. The van der Waals surface area contributed by atoms with Crippen molar-refractivity contribution in [1.82, 2.24) is 0 Å². The number of rotatable bonds is 8. The molecular weight excluding hydrogens is 278 g/mol. The van der Waals surface area contributed by atoms with Crippen molar-refractivity contribution in [3.8, 4) is 5.75 Å². The van der Waals surface area contributed by atoms with Crippen LogP contribution in [0, 0.1) is 0 Å². The smallest absolute Gasteiger partial charge is 0.121 e. The number of anilines is 1. The van der Waals surface area contributed by atoms with E-state index < -0.39 is 6.10 Å². The molecule has 0 aliphatic carbocycles. The summed E-state index contributed by atoms with van der Waals surface area (Å²) in [6.45, 7) is 0.960. The van der Waals surface area contributed by atoms with Crippen LogP contribution in [0.15, 0.2) is 54.6 Å². The van der Waals surface area contributed by atoms with Crippen molar-refractivity contribution in [3.05, 3.63) is 60.2 Å². The first-order valence-electron chi connectivity index (χ1n) is 7.35. The van der Waals surface area contributed by atoms with Crippen molar-refractivity contribution in [2.75, 3.05) is 32.2 Å². The van der Waals surface area contributed by atoms with Gasteiger partial charge in [0.25, 0.3) is 0 Å². The van der Waals surface area contributed by atoms with E-state index in [9.17, 15) is 5.11 Å². The highest BCUT2D eigenvalue weighted by Crippen LogP contribution is 2.19. The summed E-state index contributed by atoms with van der Waals surface area (Å²) in [4.78, 5) is 2.01. The fourth-order valence-corrected chi connectivity index (χ4v) is 1.98. The van der Waals surface area contributed by atoms with E-state index in [1.165, 1.54) is 0 Å². The molecule has 2 aromatic carbocycles. The summed E-state index contributed by atoms with van der Waals surface area (Å²) in [5, 5.41) is 9.91. The Morgan fingerprint density at radius 2 is 1.77 bits per heavy atom. The second kappa shape index (κ2) is 8.41. The van der Waals surface area contributed by atoms with Gasteiger partial charge in [-0.3, -0.25) is 0 Å². The van der Waals surface area contributed by atoms with Gasteiger partial charge in [0.2, 0.25) is 0 Å². The Balaban J connectivity index is 1.71. The maximum atomic E-state index is 9.91. The third-order valence-corrected chi connectivity index (χ3v) is 3.20. The molecule has 0 radical (unpaired) electrons. The molecule has 2 rings (SSSR count). The molecule has 0 fully saturated rings. The van der Waals surface area contributed by atoms with Crippen LogP contribution in [0.5, 0.6) is 5.75 Å². The Labute approximate surface area is 131 Å². The van der Waals surface area contributed by atoms with Gasteiger partial charge in [-0.2, -0.15) is 0 Å². The lowest BCUT2D eigenvalue weighted by Crippen LogP contribution is -2.23. The molecule has 0 bridgehead atoms. The maximum absolute atomic E-state index is 9.91. The molecule has 4 nitrogen and oxygen atoms in total. The minimum atomic E-state index is -0.647. The molecule has 0 saturated carbocycles. The lowest BCUT2D eigenvalue weighted by atomic mass is 10.2. The Kier molecular flexibility index (Phi) is 6.25. The van der Waals surface area contributed by atoms with Crippen LogP contribution < -0.4 is 9.64 Å². The first-order chi connectivity index (χ1) is 10.6. The average molecular weight is 301 g/mol. The second-order valence-corrected chi connectivity index (χ2v) is 5.36. The Bertz CT molecular complexity index is 557. The first kappa shape index (κ1) is 16.3. The molecule has 0 heterocycles. The van der Waals surface area contributed by atoms with Crippen LogP contribution >= 0.6 is 0 Å². The highest BCUT2D eigenvalue weighted by Gasteiger charge is 2.06. The molecule has 0 saturated heterocycles. The standard InChI is InChI=1S/C18H23NO3/c1-19(2)16-9-6-10-18(11-16)22-14-17(20)13-21-12-15-7-4-3-5-8-15/h3-11,17,20H,12-14H2,1-2H3/t17-/m0/s1. The molecule has 0 unspecified atom stereocenters. The zero-order chi connectivity index (χ0) is 15.8. The summed E-state index contributed by atoms with van der Waals surface area (Å²) in [7, 11) is 3.96. The molecule has 4 heteroatoms. The first-order valence-corrected chi connectivity index (χ1v) is 7.35. The molecule has 0 aromatic heterocycles. The molecule has 1 atom stereocenters. The van der Waals surface area contributed by atoms with Crippen LogP contribution in [0.4, 0.5) is 5.69 Å². The fraction of sp³-hybridized carbons (Fsp3) is 0.333. The fourth-order valence-electron chi connectivity index (χ4n) is 1.98. The Morgan fingerprint density at radius 1 is 1.00 bits per heavy atom. The molecule has 2 aromatic rings. The third-order valence-electron chi connectivity index (χ3n) is 3.20. The normalized spacial score (nSPS) is 12.0. The third kappa shape index (κ3) is 5.39. The van der Waals surface area contributed by atoms with Crippen molar-refractivity contribution < 1.29 is 14.6 Å². The Hall–Kier alpha value is -2.04. The van der Waals surface area contributed by atoms with Crippen molar-refractivity contribution in [3.63, 3.8) is 0 Å². The summed E-state index contributed by atoms with van der Waals surface area (Å²) < 4.78 is 11.1. The van der Waals surface area contributed by atoms with Crippen molar-refractivity contribution in [1.29, 1.82) is 0 Å². The van der Waals surface area contributed by atoms with Gasteiger partial charge in [-0.15, -0.1) is 0 Å². The second-order valence-electron chi connectivity index (χ2n) is 5.36. The summed E-state index contributed by atoms with van der Waals surface area (Å²) >= 11 is 0. The van der Waals surface area contributed by atoms with E-state index in [0.717, 1.165) is 17.0 Å². The number of benzene rings is 2. The molecule has 118 valence electrons. The highest BCUT2D eigenvalue weighted by molar-refractivity contribution is 5.49. The van der Waals surface area contributed by atoms with Crippen LogP contribution in [-0.4, -0.2) is 38.5 Å². The molecule has 0 spiro atoms. The van der Waals surface area contributed by atoms with E-state index in [-0.39, 0.29) is 13.2 Å². The number of nitrogens with zero attached hydrogens (tertiary/aromatic N) is 1. The van der Waals surface area contributed by atoms with Crippen molar-refractivity contribution >= 4 is 5.69 Å². The van der Waals surface area contributed by atoms with Gasteiger partial charge >= 0.3 is 0 Å². The van der Waals surface area contributed by atoms with E-state index in [0.29, 0.717) is 6.61 Å². The number of aliphatic hydroxyl groups is 1. The van der Waals surface area contributed by atoms with Gasteiger partial charge < -0.3 is 19.5 Å². The van der Waals surface area contributed by atoms with Crippen LogP contribution in [0.25, 0.3) is 0 Å². The number of aliphatic hydroxyl groups excluding tert-OH is 1. The molecule has 22 heavy (non-hydrogen) atoms. The van der Waals surface area contributed by atoms with Crippen LogP contribution in [0.2, 0.25) is 0 Å². The molecule has 0 aliphatic heterocycles. The van der Waals surface area contributed by atoms with Crippen LogP contribution in [-0.2, 0) is 11.3 Å². The van der Waals surface area contributed by atoms with Gasteiger partial charge in [0, 0.05) is 25.8 Å². The maximum Gasteiger partial charge on any atom is 0.121 e. The average Bonchev–Trinajstić information content (AvgIpc) is 2.54. The van der Waals surface area contributed by atoms with Gasteiger partial charge in [0.15, 0.2) is 0 Å². The number of hydrogen-bond donors (Lipinski definition) is 1. The number of hydrogen-bond acceptors (Lipinski definition) is 4. The van der Waals surface area contributed by atoms with Crippen molar-refractivity contribution in [2.45, 2.75) is 12.7 Å². The van der Waals surface area contributed by atoms with Crippen LogP contribution in [0.3, 0.4) is 0 Å². The van der Waals surface area contributed by atoms with E-state index in [1.54, 1.807) is 0 Å². The lowest BCUT2D eigenvalue weighted by molar-refractivity contribution is 0.00550. The lowest BCUT2D eigenvalue weighted by Gasteiger charge is -2.16. The van der Waals surface area contributed by atoms with Crippen LogP contribution in [0.1, 0.15) is 5.56 Å². The SMILES string of the molecule is CN(C)c1cccc(OC[C@@H](O)COCc2ccccc2)c1. The van der Waals surface area contributed by atoms with Gasteiger partial charge in [-0.1, -0.05) is 36.4 Å². The predicted octanol–water partition coefficient (Wildman–Crippen LogP) is 2.71. The minimum absolute atomic E-state index is 0.214. The topological polar surface area (TPSA) is 41.9 Å². The van der Waals surface area contributed by atoms with E-state index >= 15 is 0 Å². The molecular formula is C18H23NO3. The van der Waals surface area contributed by atoms with Gasteiger partial charge in [0.1, 0.15) is 18.5 Å². The van der Waals surface area contributed by atoms with Crippen molar-refractivity contribution in [2.24, 2.45) is 0 Å². The highest BCUT2D eigenvalue weighted by atomic mass is 16.5. The molecule has 1 N–H and O–H groups in total. The zero-order valence-corrected chi connectivity index (χ0v) is 13.1. The largest absolute Gasteiger partial charge is 0.491 e. The Morgan fingerprint density at radius 3 is 2.50 bits per heavy atom.